The van der Waals surface area contributed by atoms with Gasteiger partial charge in [-0.05, 0) is 44.7 Å². The highest BCUT2D eigenvalue weighted by molar-refractivity contribution is 9.10. The van der Waals surface area contributed by atoms with Gasteiger partial charge >= 0.3 is 0 Å². The molecule has 3 nitrogen and oxygen atoms in total. The number of nitrogens with zero attached hydrogens (tertiary/aromatic N) is 2. The SMILES string of the molecule is CC1CN(Cc2cc(O)ccc2Br)CC(C)N1C. The van der Waals surface area contributed by atoms with Crippen LogP contribution in [-0.2, 0) is 6.54 Å². The van der Waals surface area contributed by atoms with Gasteiger partial charge < -0.3 is 5.11 Å². The van der Waals surface area contributed by atoms with E-state index in [9.17, 15) is 5.11 Å². The van der Waals surface area contributed by atoms with Crippen LogP contribution in [0.25, 0.3) is 0 Å². The molecule has 0 spiro atoms. The number of rotatable bonds is 2. The first-order valence-electron chi connectivity index (χ1n) is 6.39. The van der Waals surface area contributed by atoms with Crippen molar-refractivity contribution in [3.05, 3.63) is 28.2 Å². The Kier molecular flexibility index (Phi) is 4.30. The Balaban J connectivity index is 2.07. The first kappa shape index (κ1) is 13.8. The van der Waals surface area contributed by atoms with Crippen molar-refractivity contribution < 1.29 is 5.11 Å². The minimum atomic E-state index is 0.337. The van der Waals surface area contributed by atoms with Crippen molar-refractivity contribution >= 4 is 15.9 Å². The number of piperazine rings is 1. The van der Waals surface area contributed by atoms with Gasteiger partial charge in [0.25, 0.3) is 0 Å². The molecule has 1 N–H and O–H groups in total. The van der Waals surface area contributed by atoms with Crippen molar-refractivity contribution in [2.75, 3.05) is 20.1 Å². The van der Waals surface area contributed by atoms with Crippen LogP contribution >= 0.6 is 15.9 Å². The van der Waals surface area contributed by atoms with E-state index in [1.165, 1.54) is 0 Å². The number of phenols is 1. The van der Waals surface area contributed by atoms with Gasteiger partial charge in [-0.25, -0.2) is 0 Å². The Hall–Kier alpha value is -0.580. The number of aromatic hydroxyl groups is 1. The van der Waals surface area contributed by atoms with Gasteiger partial charge in [0.15, 0.2) is 0 Å². The molecule has 1 heterocycles. The second kappa shape index (κ2) is 5.59. The molecule has 0 radical (unpaired) electrons. The van der Waals surface area contributed by atoms with E-state index in [4.69, 9.17) is 0 Å². The van der Waals surface area contributed by atoms with Crippen molar-refractivity contribution in [2.45, 2.75) is 32.5 Å². The maximum atomic E-state index is 9.57. The molecule has 0 aromatic heterocycles. The largest absolute Gasteiger partial charge is 0.508 e. The van der Waals surface area contributed by atoms with E-state index >= 15 is 0 Å². The summed E-state index contributed by atoms with van der Waals surface area (Å²) in [7, 11) is 2.19. The summed E-state index contributed by atoms with van der Waals surface area (Å²) >= 11 is 3.55. The summed E-state index contributed by atoms with van der Waals surface area (Å²) in [5.74, 6) is 0.337. The quantitative estimate of drug-likeness (QED) is 0.909. The van der Waals surface area contributed by atoms with Gasteiger partial charge in [0, 0.05) is 36.2 Å². The van der Waals surface area contributed by atoms with Gasteiger partial charge in [0.2, 0.25) is 0 Å². The van der Waals surface area contributed by atoms with Crippen molar-refractivity contribution in [2.24, 2.45) is 0 Å². The van der Waals surface area contributed by atoms with Crippen LogP contribution in [0.5, 0.6) is 5.75 Å². The zero-order chi connectivity index (χ0) is 13.3. The lowest BCUT2D eigenvalue weighted by Gasteiger charge is -2.42. The van der Waals surface area contributed by atoms with Gasteiger partial charge in [-0.1, -0.05) is 15.9 Å². The van der Waals surface area contributed by atoms with Crippen molar-refractivity contribution in [3.8, 4) is 5.75 Å². The Morgan fingerprint density at radius 1 is 1.28 bits per heavy atom. The summed E-state index contributed by atoms with van der Waals surface area (Å²) in [5.41, 5.74) is 1.15. The minimum Gasteiger partial charge on any atom is -0.508 e. The van der Waals surface area contributed by atoms with Crippen LogP contribution in [0.4, 0.5) is 0 Å². The molecule has 2 atom stereocenters. The third kappa shape index (κ3) is 3.05. The molecule has 4 heteroatoms. The van der Waals surface area contributed by atoms with Crippen LogP contribution in [0.15, 0.2) is 22.7 Å². The normalized spacial score (nSPS) is 26.4. The van der Waals surface area contributed by atoms with Crippen LogP contribution in [-0.4, -0.2) is 47.1 Å². The van der Waals surface area contributed by atoms with Gasteiger partial charge in [-0.2, -0.15) is 0 Å². The molecule has 1 saturated heterocycles. The lowest BCUT2D eigenvalue weighted by atomic mass is 10.1. The summed E-state index contributed by atoms with van der Waals surface area (Å²) in [6.45, 7) is 7.56. The van der Waals surface area contributed by atoms with Gasteiger partial charge in [-0.3, -0.25) is 9.80 Å². The predicted octanol–water partition coefficient (Wildman–Crippen LogP) is 2.68. The third-order valence-corrected chi connectivity index (χ3v) is 4.63. The maximum Gasteiger partial charge on any atom is 0.115 e. The van der Waals surface area contributed by atoms with Crippen LogP contribution in [0.3, 0.4) is 0 Å². The molecule has 18 heavy (non-hydrogen) atoms. The highest BCUT2D eigenvalue weighted by Gasteiger charge is 2.26. The fraction of sp³-hybridized carbons (Fsp3) is 0.571. The van der Waals surface area contributed by atoms with E-state index in [0.29, 0.717) is 17.8 Å². The zero-order valence-corrected chi connectivity index (χ0v) is 12.8. The summed E-state index contributed by atoms with van der Waals surface area (Å²) in [6, 6.07) is 6.61. The Morgan fingerprint density at radius 2 is 1.89 bits per heavy atom. The van der Waals surface area contributed by atoms with Crippen LogP contribution in [0.2, 0.25) is 0 Å². The van der Waals surface area contributed by atoms with Crippen molar-refractivity contribution in [1.82, 2.24) is 9.80 Å². The van der Waals surface area contributed by atoms with E-state index in [1.54, 1.807) is 6.07 Å². The minimum absolute atomic E-state index is 0.337. The molecule has 0 aliphatic carbocycles. The second-order valence-electron chi connectivity index (χ2n) is 5.33. The van der Waals surface area contributed by atoms with Crippen LogP contribution in [0, 0.1) is 0 Å². The van der Waals surface area contributed by atoms with Crippen molar-refractivity contribution in [3.63, 3.8) is 0 Å². The molecule has 0 saturated carbocycles. The lowest BCUT2D eigenvalue weighted by molar-refractivity contribution is 0.0555. The molecule has 100 valence electrons. The van der Waals surface area contributed by atoms with Crippen LogP contribution < -0.4 is 0 Å². The number of hydrogen-bond donors (Lipinski definition) is 1. The van der Waals surface area contributed by atoms with E-state index in [1.807, 2.05) is 12.1 Å². The number of phenolic OH excluding ortho intramolecular Hbond substituents is 1. The van der Waals surface area contributed by atoms with Gasteiger partial charge in [-0.15, -0.1) is 0 Å². The molecule has 1 aromatic carbocycles. The van der Waals surface area contributed by atoms with Gasteiger partial charge in [0.05, 0.1) is 0 Å². The highest BCUT2D eigenvalue weighted by atomic mass is 79.9. The van der Waals surface area contributed by atoms with E-state index in [0.717, 1.165) is 29.7 Å². The number of hydrogen-bond acceptors (Lipinski definition) is 3. The van der Waals surface area contributed by atoms with E-state index in [2.05, 4.69) is 46.6 Å². The summed E-state index contributed by atoms with van der Waals surface area (Å²) in [4.78, 5) is 4.88. The Labute approximate surface area is 118 Å². The number of likely N-dealkylation sites (N-methyl/N-ethyl adjacent to an activating group) is 1. The molecule has 1 aliphatic rings. The highest BCUT2D eigenvalue weighted by Crippen LogP contribution is 2.24. The molecular formula is C14H21BrN2O. The molecule has 1 aromatic rings. The Bertz CT molecular complexity index is 412. The van der Waals surface area contributed by atoms with Crippen LogP contribution in [0.1, 0.15) is 19.4 Å². The molecule has 2 unspecified atom stereocenters. The first-order chi connectivity index (χ1) is 8.47. The summed E-state index contributed by atoms with van der Waals surface area (Å²) in [6.07, 6.45) is 0. The molecule has 2 rings (SSSR count). The van der Waals surface area contributed by atoms with E-state index in [-0.39, 0.29) is 0 Å². The van der Waals surface area contributed by atoms with Crippen molar-refractivity contribution in [1.29, 1.82) is 0 Å². The molecular weight excluding hydrogens is 292 g/mol. The number of benzene rings is 1. The predicted molar refractivity (Wildman–Crippen MR) is 77.8 cm³/mol. The Morgan fingerprint density at radius 3 is 2.50 bits per heavy atom. The fourth-order valence-electron chi connectivity index (χ4n) is 2.57. The molecule has 1 fully saturated rings. The van der Waals surface area contributed by atoms with E-state index < -0.39 is 0 Å². The smallest absolute Gasteiger partial charge is 0.115 e. The first-order valence-corrected chi connectivity index (χ1v) is 7.18. The number of halogens is 1. The molecule has 0 amide bonds. The summed E-state index contributed by atoms with van der Waals surface area (Å²) in [5, 5.41) is 9.57. The maximum absolute atomic E-state index is 9.57. The second-order valence-corrected chi connectivity index (χ2v) is 6.19. The topological polar surface area (TPSA) is 26.7 Å². The standard InChI is InChI=1S/C14H21BrN2O/c1-10-7-17(8-11(2)16(10)3)9-12-6-13(18)4-5-14(12)15/h4-6,10-11,18H,7-9H2,1-3H3. The van der Waals surface area contributed by atoms with Gasteiger partial charge in [0.1, 0.15) is 5.75 Å². The molecule has 1 aliphatic heterocycles. The lowest BCUT2D eigenvalue weighted by Crippen LogP contribution is -2.54. The average molecular weight is 313 g/mol. The molecule has 0 bridgehead atoms. The third-order valence-electron chi connectivity index (χ3n) is 3.86. The monoisotopic (exact) mass is 312 g/mol. The fourth-order valence-corrected chi connectivity index (χ4v) is 2.94. The average Bonchev–Trinajstić information content (AvgIpc) is 2.31. The zero-order valence-electron chi connectivity index (χ0n) is 11.2. The summed E-state index contributed by atoms with van der Waals surface area (Å²) < 4.78 is 1.07.